The third-order valence-corrected chi connectivity index (χ3v) is 3.49. The largest absolute Gasteiger partial charge is 0.373 e. The fourth-order valence-electron chi connectivity index (χ4n) is 2.15. The summed E-state index contributed by atoms with van der Waals surface area (Å²) in [6, 6.07) is 12.8. The number of anilines is 1. The van der Waals surface area contributed by atoms with Gasteiger partial charge in [0.15, 0.2) is 0 Å². The molecule has 1 aromatic heterocycles. The summed E-state index contributed by atoms with van der Waals surface area (Å²) >= 11 is 0. The topological polar surface area (TPSA) is 28.2 Å². The van der Waals surface area contributed by atoms with Gasteiger partial charge in [0.2, 0.25) is 0 Å². The number of pyridine rings is 1. The molecule has 0 bridgehead atoms. The van der Waals surface area contributed by atoms with Crippen LogP contribution in [-0.2, 0) is 6.54 Å². The van der Waals surface area contributed by atoms with Crippen molar-refractivity contribution in [3.05, 3.63) is 59.5 Å². The van der Waals surface area contributed by atoms with E-state index in [0.29, 0.717) is 12.1 Å². The maximum Gasteiger partial charge on any atom is 0.127 e. The van der Waals surface area contributed by atoms with Crippen molar-refractivity contribution in [1.82, 2.24) is 9.88 Å². The molecule has 0 aliphatic heterocycles. The lowest BCUT2D eigenvalue weighted by molar-refractivity contribution is 0.245. The van der Waals surface area contributed by atoms with Gasteiger partial charge in [0.05, 0.1) is 5.69 Å². The van der Waals surface area contributed by atoms with Gasteiger partial charge in [0.1, 0.15) is 11.6 Å². The fourth-order valence-corrected chi connectivity index (χ4v) is 2.15. The van der Waals surface area contributed by atoms with Gasteiger partial charge in [0.25, 0.3) is 0 Å². The van der Waals surface area contributed by atoms with E-state index in [9.17, 15) is 4.39 Å². The highest BCUT2D eigenvalue weighted by Crippen LogP contribution is 2.22. The summed E-state index contributed by atoms with van der Waals surface area (Å²) in [6.07, 6.45) is 0. The molecule has 106 valence electrons. The van der Waals surface area contributed by atoms with Gasteiger partial charge in [-0.15, -0.1) is 0 Å². The van der Waals surface area contributed by atoms with Crippen LogP contribution >= 0.6 is 0 Å². The third-order valence-electron chi connectivity index (χ3n) is 3.49. The quantitative estimate of drug-likeness (QED) is 0.904. The van der Waals surface area contributed by atoms with Gasteiger partial charge in [-0.2, -0.15) is 0 Å². The third kappa shape index (κ3) is 3.33. The molecule has 0 saturated carbocycles. The highest BCUT2D eigenvalue weighted by Gasteiger charge is 2.15. The van der Waals surface area contributed by atoms with Crippen molar-refractivity contribution < 1.29 is 4.39 Å². The van der Waals surface area contributed by atoms with Crippen molar-refractivity contribution in [2.75, 3.05) is 19.4 Å². The van der Waals surface area contributed by atoms with Crippen LogP contribution in [0.4, 0.5) is 10.2 Å². The zero-order chi connectivity index (χ0) is 14.5. The molecule has 1 aromatic carbocycles. The van der Waals surface area contributed by atoms with E-state index in [2.05, 4.69) is 15.2 Å². The van der Waals surface area contributed by atoms with Gasteiger partial charge in [0, 0.05) is 25.2 Å². The van der Waals surface area contributed by atoms with Crippen molar-refractivity contribution in [3.8, 4) is 0 Å². The summed E-state index contributed by atoms with van der Waals surface area (Å²) in [5.41, 5.74) is 1.67. The molecule has 1 N–H and O–H groups in total. The summed E-state index contributed by atoms with van der Waals surface area (Å²) in [7, 11) is 3.82. The Morgan fingerprint density at radius 1 is 1.20 bits per heavy atom. The molecule has 2 aromatic rings. The van der Waals surface area contributed by atoms with E-state index in [1.54, 1.807) is 6.07 Å². The SMILES string of the molecule is CNc1cccc(CN(C)C(C)c2ccccc2F)n1. The van der Waals surface area contributed by atoms with Crippen molar-refractivity contribution in [2.45, 2.75) is 19.5 Å². The highest BCUT2D eigenvalue weighted by molar-refractivity contribution is 5.34. The maximum absolute atomic E-state index is 13.8. The average Bonchev–Trinajstić information content (AvgIpc) is 2.47. The molecule has 0 aliphatic rings. The smallest absolute Gasteiger partial charge is 0.127 e. The molecule has 1 unspecified atom stereocenters. The van der Waals surface area contributed by atoms with Crippen LogP contribution in [0.2, 0.25) is 0 Å². The summed E-state index contributed by atoms with van der Waals surface area (Å²) in [5, 5.41) is 3.02. The Morgan fingerprint density at radius 3 is 2.65 bits per heavy atom. The monoisotopic (exact) mass is 273 g/mol. The standard InChI is InChI=1S/C16H20FN3/c1-12(14-8-4-5-9-15(14)17)20(3)11-13-7-6-10-16(18-2)19-13/h4-10,12H,11H2,1-3H3,(H,18,19). The molecule has 0 spiro atoms. The molecule has 0 amide bonds. The molecule has 20 heavy (non-hydrogen) atoms. The maximum atomic E-state index is 13.8. The highest BCUT2D eigenvalue weighted by atomic mass is 19.1. The zero-order valence-electron chi connectivity index (χ0n) is 12.1. The van der Waals surface area contributed by atoms with Gasteiger partial charge in [-0.3, -0.25) is 4.90 Å². The van der Waals surface area contributed by atoms with Crippen LogP contribution in [0.1, 0.15) is 24.2 Å². The lowest BCUT2D eigenvalue weighted by atomic mass is 10.1. The lowest BCUT2D eigenvalue weighted by Crippen LogP contribution is -2.23. The first-order valence-corrected chi connectivity index (χ1v) is 6.70. The van der Waals surface area contributed by atoms with Gasteiger partial charge in [-0.1, -0.05) is 24.3 Å². The first-order valence-electron chi connectivity index (χ1n) is 6.70. The first kappa shape index (κ1) is 14.5. The van der Waals surface area contributed by atoms with Gasteiger partial charge >= 0.3 is 0 Å². The Hall–Kier alpha value is -1.94. The molecular formula is C16H20FN3. The Bertz CT molecular complexity index is 571. The Kier molecular flexibility index (Phi) is 4.69. The van der Waals surface area contributed by atoms with E-state index in [0.717, 1.165) is 11.5 Å². The normalized spacial score (nSPS) is 12.4. The minimum atomic E-state index is -0.163. The van der Waals surface area contributed by atoms with E-state index < -0.39 is 0 Å². The van der Waals surface area contributed by atoms with Gasteiger partial charge < -0.3 is 5.32 Å². The number of halogens is 1. The Morgan fingerprint density at radius 2 is 1.95 bits per heavy atom. The van der Waals surface area contributed by atoms with Crippen molar-refractivity contribution in [2.24, 2.45) is 0 Å². The van der Waals surface area contributed by atoms with Crippen LogP contribution in [-0.4, -0.2) is 24.0 Å². The molecule has 3 nitrogen and oxygen atoms in total. The second kappa shape index (κ2) is 6.48. The van der Waals surface area contributed by atoms with Crippen molar-refractivity contribution in [1.29, 1.82) is 0 Å². The van der Waals surface area contributed by atoms with E-state index in [1.165, 1.54) is 6.07 Å². The summed E-state index contributed by atoms with van der Waals surface area (Å²) in [6.45, 7) is 2.67. The Balaban J connectivity index is 2.11. The molecule has 0 radical (unpaired) electrons. The van der Waals surface area contributed by atoms with E-state index in [-0.39, 0.29) is 11.9 Å². The molecule has 1 atom stereocenters. The zero-order valence-corrected chi connectivity index (χ0v) is 12.1. The van der Waals surface area contributed by atoms with Crippen molar-refractivity contribution >= 4 is 5.82 Å². The summed E-state index contributed by atoms with van der Waals surface area (Å²) in [4.78, 5) is 6.57. The number of rotatable bonds is 5. The average molecular weight is 273 g/mol. The van der Waals surface area contributed by atoms with Crippen LogP contribution in [0, 0.1) is 5.82 Å². The van der Waals surface area contributed by atoms with Gasteiger partial charge in [-0.25, -0.2) is 9.37 Å². The van der Waals surface area contributed by atoms with E-state index in [4.69, 9.17) is 0 Å². The minimum Gasteiger partial charge on any atom is -0.373 e. The molecule has 1 heterocycles. The number of hydrogen-bond acceptors (Lipinski definition) is 3. The second-order valence-electron chi connectivity index (χ2n) is 4.88. The molecule has 0 aliphatic carbocycles. The van der Waals surface area contributed by atoms with E-state index >= 15 is 0 Å². The molecular weight excluding hydrogens is 253 g/mol. The molecule has 0 fully saturated rings. The minimum absolute atomic E-state index is 0.00348. The second-order valence-corrected chi connectivity index (χ2v) is 4.88. The predicted molar refractivity (Wildman–Crippen MR) is 80.1 cm³/mol. The number of aromatic nitrogens is 1. The molecule has 2 rings (SSSR count). The number of benzene rings is 1. The van der Waals surface area contributed by atoms with Crippen LogP contribution in [0.5, 0.6) is 0 Å². The number of hydrogen-bond donors (Lipinski definition) is 1. The Labute approximate surface area is 119 Å². The summed E-state index contributed by atoms with van der Waals surface area (Å²) < 4.78 is 13.8. The first-order chi connectivity index (χ1) is 9.61. The molecule has 0 saturated heterocycles. The van der Waals surface area contributed by atoms with Crippen LogP contribution in [0.25, 0.3) is 0 Å². The lowest BCUT2D eigenvalue weighted by Gasteiger charge is -2.25. The van der Waals surface area contributed by atoms with Crippen LogP contribution in [0.3, 0.4) is 0 Å². The van der Waals surface area contributed by atoms with Gasteiger partial charge in [-0.05, 0) is 32.2 Å². The fraction of sp³-hybridized carbons (Fsp3) is 0.312. The molecule has 4 heteroatoms. The van der Waals surface area contributed by atoms with Crippen LogP contribution < -0.4 is 5.32 Å². The van der Waals surface area contributed by atoms with E-state index in [1.807, 2.05) is 51.4 Å². The number of nitrogens with one attached hydrogen (secondary N) is 1. The van der Waals surface area contributed by atoms with Crippen molar-refractivity contribution in [3.63, 3.8) is 0 Å². The summed E-state index contributed by atoms with van der Waals surface area (Å²) in [5.74, 6) is 0.679. The number of nitrogens with zero attached hydrogens (tertiary/aromatic N) is 2. The predicted octanol–water partition coefficient (Wildman–Crippen LogP) is 3.46. The van der Waals surface area contributed by atoms with Crippen LogP contribution in [0.15, 0.2) is 42.5 Å².